The summed E-state index contributed by atoms with van der Waals surface area (Å²) in [6.07, 6.45) is -0.0819. The predicted molar refractivity (Wildman–Crippen MR) is 170 cm³/mol. The van der Waals surface area contributed by atoms with Crippen LogP contribution in [0.15, 0.2) is 97.1 Å². The Morgan fingerprint density at radius 3 is 1.65 bits per heavy atom. The molecule has 8 rings (SSSR count). The monoisotopic (exact) mass is 653 g/mol. The molecular weight excluding hydrogens is 629 g/mol. The number of non-ortho nitro benzene ring substituents is 1. The van der Waals surface area contributed by atoms with E-state index in [9.17, 15) is 29.3 Å². The van der Waals surface area contributed by atoms with Gasteiger partial charge in [0.05, 0.1) is 16.8 Å². The van der Waals surface area contributed by atoms with Crippen LogP contribution in [-0.4, -0.2) is 50.4 Å². The summed E-state index contributed by atoms with van der Waals surface area (Å²) in [6.45, 7) is 0. The van der Waals surface area contributed by atoms with Crippen LogP contribution in [0.5, 0.6) is 0 Å². The third-order valence-electron chi connectivity index (χ3n) is 9.28. The van der Waals surface area contributed by atoms with Crippen LogP contribution in [-0.2, 0) is 9.59 Å². The molecule has 0 N–H and O–H groups in total. The fourth-order valence-electron chi connectivity index (χ4n) is 7.38. The van der Waals surface area contributed by atoms with Gasteiger partial charge in [0.1, 0.15) is 6.04 Å². The first-order chi connectivity index (χ1) is 22.2. The van der Waals surface area contributed by atoms with Crippen LogP contribution in [0, 0.1) is 22.0 Å². The van der Waals surface area contributed by atoms with Crippen molar-refractivity contribution in [2.24, 2.45) is 11.8 Å². The molecule has 0 radical (unpaired) electrons. The van der Waals surface area contributed by atoms with E-state index in [1.165, 1.54) is 36.4 Å². The highest BCUT2D eigenvalue weighted by Gasteiger charge is 2.63. The fraction of sp³-hybridized carbons (Fsp3) is 0.200. The molecule has 230 valence electrons. The minimum absolute atomic E-state index is 0.0425. The van der Waals surface area contributed by atoms with Crippen LogP contribution in [0.25, 0.3) is 0 Å². The van der Waals surface area contributed by atoms with E-state index in [-0.39, 0.29) is 29.1 Å². The molecule has 1 aliphatic heterocycles. The zero-order valence-electron chi connectivity index (χ0n) is 24.1. The third kappa shape index (κ3) is 4.53. The molecule has 0 spiro atoms. The number of hydrogen-bond acceptors (Lipinski definition) is 6. The van der Waals surface area contributed by atoms with Crippen molar-refractivity contribution >= 4 is 52.4 Å². The molecule has 0 saturated carbocycles. The molecule has 0 aromatic heterocycles. The van der Waals surface area contributed by atoms with Crippen LogP contribution in [0.1, 0.15) is 61.2 Å². The Morgan fingerprint density at radius 1 is 0.761 bits per heavy atom. The molecule has 3 amide bonds. The maximum atomic E-state index is 14.7. The number of hydrazine groups is 1. The number of nitro benzene ring substituents is 1. The number of nitro groups is 1. The minimum Gasteiger partial charge on any atom is -0.292 e. The van der Waals surface area contributed by atoms with E-state index in [0.29, 0.717) is 5.02 Å². The van der Waals surface area contributed by atoms with E-state index in [0.717, 1.165) is 44.4 Å². The fourth-order valence-corrected chi connectivity index (χ4v) is 7.71. The topological polar surface area (TPSA) is 118 Å². The number of rotatable bonds is 8. The van der Waals surface area contributed by atoms with Crippen molar-refractivity contribution in [3.63, 3.8) is 0 Å². The number of alkyl halides is 1. The molecule has 1 fully saturated rings. The largest absolute Gasteiger partial charge is 0.292 e. The van der Waals surface area contributed by atoms with Gasteiger partial charge in [0.2, 0.25) is 0 Å². The molecule has 46 heavy (non-hydrogen) atoms. The Balaban J connectivity index is 1.37. The number of amides is 3. The number of ketones is 1. The van der Waals surface area contributed by atoms with Crippen molar-refractivity contribution in [1.29, 1.82) is 0 Å². The second-order valence-corrected chi connectivity index (χ2v) is 12.4. The summed E-state index contributed by atoms with van der Waals surface area (Å²) in [5.41, 5.74) is 3.74. The minimum atomic E-state index is -1.35. The molecular formula is C35H25Cl2N3O6. The van der Waals surface area contributed by atoms with Crippen LogP contribution < -0.4 is 0 Å². The lowest BCUT2D eigenvalue weighted by Gasteiger charge is -2.45. The Kier molecular flexibility index (Phi) is 7.45. The smallest absolute Gasteiger partial charge is 0.273 e. The lowest BCUT2D eigenvalue weighted by Crippen LogP contribution is -2.57. The lowest BCUT2D eigenvalue weighted by molar-refractivity contribution is -0.384. The molecule has 9 nitrogen and oxygen atoms in total. The van der Waals surface area contributed by atoms with Crippen molar-refractivity contribution < 1.29 is 24.1 Å². The van der Waals surface area contributed by atoms with Gasteiger partial charge in [-0.05, 0) is 65.1 Å². The van der Waals surface area contributed by atoms with E-state index >= 15 is 0 Å². The van der Waals surface area contributed by atoms with E-state index < -0.39 is 58.1 Å². The van der Waals surface area contributed by atoms with Gasteiger partial charge >= 0.3 is 0 Å². The highest BCUT2D eigenvalue weighted by molar-refractivity contribution is 6.30. The summed E-state index contributed by atoms with van der Waals surface area (Å²) in [4.78, 5) is 68.6. The average molecular weight is 655 g/mol. The standard InChI is InChI=1S/C35H25Cl2N3O6/c36-18-17-27(32(41)19-9-13-21(37)14-10-19)38(33(42)20-11-15-22(16-12-20)40(45)46)39-34(43)30-28-23-5-1-2-6-24(23)29(31(30)35(39)44)26-8-4-3-7-25(26)28/h1-16,27-31H,17-18H2/t27-,28?,29?,30-,31-/m0/s1. The van der Waals surface area contributed by atoms with Gasteiger partial charge in [-0.2, -0.15) is 5.01 Å². The molecule has 1 heterocycles. The molecule has 4 aliphatic rings. The maximum absolute atomic E-state index is 14.7. The first-order valence-electron chi connectivity index (χ1n) is 14.7. The van der Waals surface area contributed by atoms with Crippen molar-refractivity contribution in [2.75, 3.05) is 5.88 Å². The molecule has 3 atom stereocenters. The maximum Gasteiger partial charge on any atom is 0.273 e. The number of carbonyl (C=O) groups is 4. The van der Waals surface area contributed by atoms with Gasteiger partial charge < -0.3 is 0 Å². The molecule has 3 aliphatic carbocycles. The number of halogens is 2. The van der Waals surface area contributed by atoms with Gasteiger partial charge in [0, 0.05) is 46.0 Å². The van der Waals surface area contributed by atoms with Crippen LogP contribution in [0.4, 0.5) is 5.69 Å². The molecule has 0 unspecified atom stereocenters. The molecule has 11 heteroatoms. The normalized spacial score (nSPS) is 21.3. The number of benzene rings is 4. The Hall–Kier alpha value is -4.86. The molecule has 4 aromatic carbocycles. The van der Waals surface area contributed by atoms with Gasteiger partial charge in [-0.25, -0.2) is 5.01 Å². The SMILES string of the molecule is O=C(c1ccc(Cl)cc1)[C@H](CCCl)N(C(=O)c1ccc([N+](=O)[O-])cc1)N1C(=O)[C@H]2C3c4ccccc4C(c4ccccc43)[C@@H]2C1=O. The van der Waals surface area contributed by atoms with E-state index in [1.807, 2.05) is 48.5 Å². The van der Waals surface area contributed by atoms with Crippen molar-refractivity contribution in [2.45, 2.75) is 24.3 Å². The average Bonchev–Trinajstić information content (AvgIpc) is 3.34. The number of imide groups is 1. The van der Waals surface area contributed by atoms with Crippen LogP contribution in [0.3, 0.4) is 0 Å². The van der Waals surface area contributed by atoms with Crippen molar-refractivity contribution in [3.05, 3.63) is 146 Å². The van der Waals surface area contributed by atoms with Gasteiger partial charge in [0.15, 0.2) is 5.78 Å². The second kappa shape index (κ2) is 11.5. The van der Waals surface area contributed by atoms with Gasteiger partial charge in [0.25, 0.3) is 23.4 Å². The molecule has 4 aromatic rings. The quantitative estimate of drug-likeness (QED) is 0.0716. The first kappa shape index (κ1) is 29.8. The molecule has 1 saturated heterocycles. The highest BCUT2D eigenvalue weighted by atomic mass is 35.5. The van der Waals surface area contributed by atoms with Gasteiger partial charge in [-0.15, -0.1) is 11.6 Å². The summed E-state index contributed by atoms with van der Waals surface area (Å²) >= 11 is 12.3. The van der Waals surface area contributed by atoms with Crippen LogP contribution >= 0.6 is 23.2 Å². The van der Waals surface area contributed by atoms with E-state index in [2.05, 4.69) is 0 Å². The number of carbonyl (C=O) groups excluding carboxylic acids is 4. The van der Waals surface area contributed by atoms with E-state index in [1.54, 1.807) is 0 Å². The van der Waals surface area contributed by atoms with E-state index in [4.69, 9.17) is 23.2 Å². The number of hydrogen-bond donors (Lipinski definition) is 0. The first-order valence-corrected chi connectivity index (χ1v) is 15.6. The Labute approximate surface area is 273 Å². The summed E-state index contributed by atoms with van der Waals surface area (Å²) in [5, 5.41) is 13.5. The Morgan fingerprint density at radius 2 is 1.22 bits per heavy atom. The Bertz CT molecular complexity index is 1810. The molecule has 2 bridgehead atoms. The summed E-state index contributed by atoms with van der Waals surface area (Å²) in [5.74, 6) is -5.11. The summed E-state index contributed by atoms with van der Waals surface area (Å²) < 4.78 is 0. The summed E-state index contributed by atoms with van der Waals surface area (Å²) in [7, 11) is 0. The van der Waals surface area contributed by atoms with Crippen molar-refractivity contribution in [3.8, 4) is 0 Å². The summed E-state index contributed by atoms with van der Waals surface area (Å²) in [6, 6.07) is 25.0. The van der Waals surface area contributed by atoms with Gasteiger partial charge in [-0.1, -0.05) is 60.1 Å². The third-order valence-corrected chi connectivity index (χ3v) is 9.75. The second-order valence-electron chi connectivity index (χ2n) is 11.6. The number of nitrogens with zero attached hydrogens (tertiary/aromatic N) is 3. The lowest BCUT2D eigenvalue weighted by atomic mass is 9.55. The zero-order valence-corrected chi connectivity index (χ0v) is 25.6. The predicted octanol–water partition coefficient (Wildman–Crippen LogP) is 6.38. The van der Waals surface area contributed by atoms with Crippen molar-refractivity contribution in [1.82, 2.24) is 10.0 Å². The zero-order chi connectivity index (χ0) is 32.3. The highest BCUT2D eigenvalue weighted by Crippen LogP contribution is 2.61. The van der Waals surface area contributed by atoms with Gasteiger partial charge in [-0.3, -0.25) is 29.3 Å². The van der Waals surface area contributed by atoms with Crippen LogP contribution in [0.2, 0.25) is 5.02 Å². The number of Topliss-reactive ketones (excluding diaryl/α,β-unsaturated/α-hetero) is 1.